The van der Waals surface area contributed by atoms with E-state index in [2.05, 4.69) is 28.5 Å². The third kappa shape index (κ3) is 3.16. The monoisotopic (exact) mass is 289 g/mol. The lowest BCUT2D eigenvalue weighted by molar-refractivity contribution is -0.128. The number of hydrogen-bond acceptors (Lipinski definition) is 3. The van der Waals surface area contributed by atoms with E-state index < -0.39 is 0 Å². The van der Waals surface area contributed by atoms with Crippen LogP contribution in [0.3, 0.4) is 0 Å². The molecule has 0 spiro atoms. The van der Waals surface area contributed by atoms with E-state index in [4.69, 9.17) is 0 Å². The highest BCUT2D eigenvalue weighted by Gasteiger charge is 2.15. The second-order valence-corrected chi connectivity index (χ2v) is 6.01. The molecule has 1 fully saturated rings. The van der Waals surface area contributed by atoms with Gasteiger partial charge in [0.05, 0.1) is 10.8 Å². The van der Waals surface area contributed by atoms with Gasteiger partial charge in [0.2, 0.25) is 5.91 Å². The average molecular weight is 289 g/mol. The topological polar surface area (TPSA) is 48.1 Å². The zero-order valence-corrected chi connectivity index (χ0v) is 12.2. The van der Waals surface area contributed by atoms with Gasteiger partial charge in [-0.2, -0.15) is 0 Å². The van der Waals surface area contributed by atoms with Crippen LogP contribution in [0.2, 0.25) is 0 Å². The number of benzene rings is 1. The molecular formula is C15H19N3OS. The minimum absolute atomic E-state index is 0.234. The standard InChI is InChI=1S/C15H19N3OS/c19-15(18-8-3-6-16-7-9-18)11-20-14-10-12-4-1-2-5-13(12)17-14/h1-2,4-5,10,16-17H,3,6-9,11H2. The first kappa shape index (κ1) is 13.5. The van der Waals surface area contributed by atoms with Crippen LogP contribution >= 0.6 is 11.8 Å². The Morgan fingerprint density at radius 1 is 1.25 bits per heavy atom. The maximum atomic E-state index is 12.2. The van der Waals surface area contributed by atoms with Crippen LogP contribution in [0.1, 0.15) is 6.42 Å². The largest absolute Gasteiger partial charge is 0.350 e. The lowest BCUT2D eigenvalue weighted by Crippen LogP contribution is -2.35. The summed E-state index contributed by atoms with van der Waals surface area (Å²) in [5.41, 5.74) is 1.13. The van der Waals surface area contributed by atoms with E-state index in [0.717, 1.165) is 43.1 Å². The summed E-state index contributed by atoms with van der Waals surface area (Å²) in [5, 5.41) is 5.58. The maximum Gasteiger partial charge on any atom is 0.233 e. The van der Waals surface area contributed by atoms with Crippen molar-refractivity contribution in [3.63, 3.8) is 0 Å². The van der Waals surface area contributed by atoms with Crippen LogP contribution in [0.4, 0.5) is 0 Å². The minimum Gasteiger partial charge on any atom is -0.350 e. The Kier molecular flexibility index (Phi) is 4.28. The molecule has 3 rings (SSSR count). The highest BCUT2D eigenvalue weighted by Crippen LogP contribution is 2.23. The fourth-order valence-electron chi connectivity index (χ4n) is 2.45. The molecule has 0 aliphatic carbocycles. The number of thioether (sulfide) groups is 1. The molecule has 0 saturated carbocycles. The Hall–Kier alpha value is -1.46. The summed E-state index contributed by atoms with van der Waals surface area (Å²) in [7, 11) is 0. The molecular weight excluding hydrogens is 270 g/mol. The Labute approximate surface area is 122 Å². The summed E-state index contributed by atoms with van der Waals surface area (Å²) in [4.78, 5) is 17.5. The first-order valence-electron chi connectivity index (χ1n) is 7.02. The molecule has 2 heterocycles. The summed E-state index contributed by atoms with van der Waals surface area (Å²) in [6.45, 7) is 3.62. The molecule has 106 valence electrons. The fourth-order valence-corrected chi connectivity index (χ4v) is 3.30. The zero-order chi connectivity index (χ0) is 13.8. The maximum absolute atomic E-state index is 12.2. The van der Waals surface area contributed by atoms with Gasteiger partial charge < -0.3 is 15.2 Å². The number of para-hydroxylation sites is 1. The van der Waals surface area contributed by atoms with Crippen LogP contribution in [0, 0.1) is 0 Å². The van der Waals surface area contributed by atoms with Gasteiger partial charge in [-0.25, -0.2) is 0 Å². The molecule has 1 aliphatic heterocycles. The van der Waals surface area contributed by atoms with E-state index in [-0.39, 0.29) is 5.91 Å². The zero-order valence-electron chi connectivity index (χ0n) is 11.4. The molecule has 0 atom stereocenters. The predicted molar refractivity (Wildman–Crippen MR) is 83.1 cm³/mol. The van der Waals surface area contributed by atoms with Crippen LogP contribution in [0.5, 0.6) is 0 Å². The van der Waals surface area contributed by atoms with Crippen molar-refractivity contribution in [1.82, 2.24) is 15.2 Å². The third-order valence-electron chi connectivity index (χ3n) is 3.55. The predicted octanol–water partition coefficient (Wildman–Crippen LogP) is 2.08. The van der Waals surface area contributed by atoms with Crippen molar-refractivity contribution in [2.24, 2.45) is 0 Å². The normalized spacial score (nSPS) is 16.3. The SMILES string of the molecule is O=C(CSc1cc2ccccc2[nH]1)N1CCCNCC1. The van der Waals surface area contributed by atoms with Gasteiger partial charge in [-0.1, -0.05) is 30.0 Å². The van der Waals surface area contributed by atoms with Crippen LogP contribution in [-0.2, 0) is 4.79 Å². The molecule has 0 unspecified atom stereocenters. The van der Waals surface area contributed by atoms with E-state index in [0.29, 0.717) is 5.75 Å². The van der Waals surface area contributed by atoms with Crippen molar-refractivity contribution in [1.29, 1.82) is 0 Å². The molecule has 1 amide bonds. The molecule has 2 N–H and O–H groups in total. The second-order valence-electron chi connectivity index (χ2n) is 4.99. The van der Waals surface area contributed by atoms with E-state index >= 15 is 0 Å². The van der Waals surface area contributed by atoms with Crippen molar-refractivity contribution < 1.29 is 4.79 Å². The molecule has 1 aliphatic rings. The number of carbonyl (C=O) groups is 1. The lowest BCUT2D eigenvalue weighted by atomic mass is 10.3. The number of aromatic nitrogens is 1. The molecule has 2 aromatic rings. The highest BCUT2D eigenvalue weighted by molar-refractivity contribution is 7.99. The molecule has 5 heteroatoms. The molecule has 0 bridgehead atoms. The quantitative estimate of drug-likeness (QED) is 0.851. The highest BCUT2D eigenvalue weighted by atomic mass is 32.2. The van der Waals surface area contributed by atoms with E-state index in [9.17, 15) is 4.79 Å². The Morgan fingerprint density at radius 3 is 3.05 bits per heavy atom. The van der Waals surface area contributed by atoms with Crippen LogP contribution < -0.4 is 5.32 Å². The number of aromatic amines is 1. The number of nitrogens with one attached hydrogen (secondary N) is 2. The third-order valence-corrected chi connectivity index (χ3v) is 4.47. The van der Waals surface area contributed by atoms with Crippen molar-refractivity contribution in [3.8, 4) is 0 Å². The van der Waals surface area contributed by atoms with Crippen molar-refractivity contribution in [2.75, 3.05) is 31.9 Å². The van der Waals surface area contributed by atoms with E-state index in [1.807, 2.05) is 17.0 Å². The number of H-pyrrole nitrogens is 1. The molecule has 1 aromatic carbocycles. The van der Waals surface area contributed by atoms with Crippen LogP contribution in [0.15, 0.2) is 35.4 Å². The number of hydrogen-bond donors (Lipinski definition) is 2. The molecule has 1 aromatic heterocycles. The Balaban J connectivity index is 1.59. The second kappa shape index (κ2) is 6.33. The van der Waals surface area contributed by atoms with Gasteiger partial charge in [0.1, 0.15) is 0 Å². The molecule has 20 heavy (non-hydrogen) atoms. The number of nitrogens with zero attached hydrogens (tertiary/aromatic N) is 1. The first-order chi connectivity index (χ1) is 9.83. The van der Waals surface area contributed by atoms with Gasteiger partial charge in [0, 0.05) is 30.5 Å². The number of amides is 1. The smallest absolute Gasteiger partial charge is 0.233 e. The molecule has 0 radical (unpaired) electrons. The fraction of sp³-hybridized carbons (Fsp3) is 0.400. The number of rotatable bonds is 3. The van der Waals surface area contributed by atoms with Crippen LogP contribution in [0.25, 0.3) is 10.9 Å². The summed E-state index contributed by atoms with van der Waals surface area (Å²) in [6.07, 6.45) is 1.04. The average Bonchev–Trinajstić information content (AvgIpc) is 2.69. The number of fused-ring (bicyclic) bond motifs is 1. The summed E-state index contributed by atoms with van der Waals surface area (Å²) in [6, 6.07) is 10.3. The molecule has 1 saturated heterocycles. The minimum atomic E-state index is 0.234. The van der Waals surface area contributed by atoms with Crippen molar-refractivity contribution in [2.45, 2.75) is 11.4 Å². The summed E-state index contributed by atoms with van der Waals surface area (Å²) in [5.74, 6) is 0.740. The number of carbonyl (C=O) groups excluding carboxylic acids is 1. The van der Waals surface area contributed by atoms with Gasteiger partial charge in [-0.05, 0) is 25.1 Å². The van der Waals surface area contributed by atoms with Gasteiger partial charge >= 0.3 is 0 Å². The Bertz CT molecular complexity index is 555. The van der Waals surface area contributed by atoms with E-state index in [1.165, 1.54) is 5.39 Å². The van der Waals surface area contributed by atoms with Crippen molar-refractivity contribution in [3.05, 3.63) is 30.3 Å². The van der Waals surface area contributed by atoms with Gasteiger partial charge in [-0.3, -0.25) is 4.79 Å². The van der Waals surface area contributed by atoms with Crippen LogP contribution in [-0.4, -0.2) is 47.7 Å². The van der Waals surface area contributed by atoms with Gasteiger partial charge in [0.25, 0.3) is 0 Å². The lowest BCUT2D eigenvalue weighted by Gasteiger charge is -2.19. The first-order valence-corrected chi connectivity index (χ1v) is 8.00. The Morgan fingerprint density at radius 2 is 2.15 bits per heavy atom. The van der Waals surface area contributed by atoms with Gasteiger partial charge in [0.15, 0.2) is 0 Å². The molecule has 4 nitrogen and oxygen atoms in total. The van der Waals surface area contributed by atoms with Gasteiger partial charge in [-0.15, -0.1) is 0 Å². The summed E-state index contributed by atoms with van der Waals surface area (Å²) < 4.78 is 0. The van der Waals surface area contributed by atoms with E-state index in [1.54, 1.807) is 11.8 Å². The summed E-state index contributed by atoms with van der Waals surface area (Å²) >= 11 is 1.59. The van der Waals surface area contributed by atoms with Crippen molar-refractivity contribution >= 4 is 28.6 Å².